The zero-order valence-corrected chi connectivity index (χ0v) is 9.34. The molecule has 0 aliphatic rings. The fourth-order valence-corrected chi connectivity index (χ4v) is 1.54. The molecule has 82 valence electrons. The van der Waals surface area contributed by atoms with Crippen LogP contribution in [0.25, 0.3) is 0 Å². The van der Waals surface area contributed by atoms with Gasteiger partial charge in [-0.05, 0) is 12.8 Å². The molecular weight excluding hydrogens is 174 g/mol. The minimum absolute atomic E-state index is 0.249. The zero-order chi connectivity index (χ0) is 10.6. The van der Waals surface area contributed by atoms with E-state index < -0.39 is 0 Å². The molecular formula is C12H23NO. The predicted molar refractivity (Wildman–Crippen MR) is 58.8 cm³/mol. The van der Waals surface area contributed by atoms with Gasteiger partial charge in [0.1, 0.15) is 0 Å². The molecule has 1 atom stereocenters. The Kier molecular flexibility index (Phi) is 10.1. The van der Waals surface area contributed by atoms with Crippen LogP contribution in [0.2, 0.25) is 0 Å². The van der Waals surface area contributed by atoms with Crippen molar-refractivity contribution in [2.45, 2.75) is 70.8 Å². The van der Waals surface area contributed by atoms with E-state index in [1.54, 1.807) is 0 Å². The third kappa shape index (κ3) is 9.54. The van der Waals surface area contributed by atoms with Gasteiger partial charge in [-0.25, -0.2) is 0 Å². The standard InChI is InChI=1S/C12H23NO/c1-2-3-4-5-6-7-9-12(14)10-8-11-13/h12,14H,2-10H2,1H3/t12-/m0/s1. The molecule has 2 nitrogen and oxygen atoms in total. The molecule has 1 N–H and O–H groups in total. The molecule has 0 fully saturated rings. The van der Waals surface area contributed by atoms with Crippen LogP contribution in [0.1, 0.15) is 64.7 Å². The molecule has 0 aromatic rings. The molecule has 14 heavy (non-hydrogen) atoms. The normalized spacial score (nSPS) is 12.4. The van der Waals surface area contributed by atoms with Gasteiger partial charge in [-0.1, -0.05) is 45.4 Å². The lowest BCUT2D eigenvalue weighted by molar-refractivity contribution is 0.152. The summed E-state index contributed by atoms with van der Waals surface area (Å²) in [6.07, 6.45) is 9.31. The lowest BCUT2D eigenvalue weighted by Gasteiger charge is -2.07. The van der Waals surface area contributed by atoms with E-state index in [1.807, 2.05) is 0 Å². The van der Waals surface area contributed by atoms with Crippen molar-refractivity contribution < 1.29 is 5.11 Å². The van der Waals surface area contributed by atoms with Gasteiger partial charge in [0, 0.05) is 6.42 Å². The zero-order valence-electron chi connectivity index (χ0n) is 9.34. The van der Waals surface area contributed by atoms with Crippen LogP contribution in [0.5, 0.6) is 0 Å². The average molecular weight is 197 g/mol. The Morgan fingerprint density at radius 3 is 2.36 bits per heavy atom. The Morgan fingerprint density at radius 1 is 1.07 bits per heavy atom. The van der Waals surface area contributed by atoms with Crippen molar-refractivity contribution in [1.29, 1.82) is 5.26 Å². The van der Waals surface area contributed by atoms with Crippen LogP contribution < -0.4 is 0 Å². The molecule has 0 spiro atoms. The summed E-state index contributed by atoms with van der Waals surface area (Å²) < 4.78 is 0. The highest BCUT2D eigenvalue weighted by molar-refractivity contribution is 4.71. The SMILES string of the molecule is CCCCCCCC[C@H](O)CCC#N. The second kappa shape index (κ2) is 10.5. The Morgan fingerprint density at radius 2 is 1.71 bits per heavy atom. The Hall–Kier alpha value is -0.550. The lowest BCUT2D eigenvalue weighted by Crippen LogP contribution is -2.05. The largest absolute Gasteiger partial charge is 0.393 e. The first-order chi connectivity index (χ1) is 6.81. The van der Waals surface area contributed by atoms with Crippen molar-refractivity contribution in [3.8, 4) is 6.07 Å². The number of rotatable bonds is 9. The van der Waals surface area contributed by atoms with Gasteiger partial charge in [-0.3, -0.25) is 0 Å². The van der Waals surface area contributed by atoms with E-state index in [0.29, 0.717) is 12.8 Å². The van der Waals surface area contributed by atoms with Gasteiger partial charge in [0.25, 0.3) is 0 Å². The topological polar surface area (TPSA) is 44.0 Å². The lowest BCUT2D eigenvalue weighted by atomic mass is 10.0. The van der Waals surface area contributed by atoms with E-state index in [1.165, 1.54) is 32.1 Å². The van der Waals surface area contributed by atoms with Crippen LogP contribution in [-0.4, -0.2) is 11.2 Å². The van der Waals surface area contributed by atoms with Crippen LogP contribution in [0.4, 0.5) is 0 Å². The van der Waals surface area contributed by atoms with Gasteiger partial charge in [-0.15, -0.1) is 0 Å². The summed E-state index contributed by atoms with van der Waals surface area (Å²) in [5, 5.41) is 17.8. The van der Waals surface area contributed by atoms with Crippen molar-refractivity contribution in [2.75, 3.05) is 0 Å². The van der Waals surface area contributed by atoms with E-state index in [0.717, 1.165) is 12.8 Å². The van der Waals surface area contributed by atoms with E-state index in [4.69, 9.17) is 5.26 Å². The summed E-state index contributed by atoms with van der Waals surface area (Å²) in [6.45, 7) is 2.21. The quantitative estimate of drug-likeness (QED) is 0.576. The third-order valence-electron chi connectivity index (χ3n) is 2.48. The maximum Gasteiger partial charge on any atom is 0.0622 e. The average Bonchev–Trinajstić information content (AvgIpc) is 2.20. The molecule has 0 unspecified atom stereocenters. The van der Waals surface area contributed by atoms with Crippen molar-refractivity contribution in [1.82, 2.24) is 0 Å². The monoisotopic (exact) mass is 197 g/mol. The van der Waals surface area contributed by atoms with Gasteiger partial charge in [0.05, 0.1) is 12.2 Å². The first kappa shape index (κ1) is 13.4. The predicted octanol–water partition coefficient (Wildman–Crippen LogP) is 3.40. The Balaban J connectivity index is 3.07. The molecule has 0 aromatic carbocycles. The number of hydrogen-bond donors (Lipinski definition) is 1. The van der Waals surface area contributed by atoms with Crippen molar-refractivity contribution in [3.05, 3.63) is 0 Å². The number of aliphatic hydroxyl groups excluding tert-OH is 1. The van der Waals surface area contributed by atoms with Crippen LogP contribution in [-0.2, 0) is 0 Å². The molecule has 0 radical (unpaired) electrons. The summed E-state index contributed by atoms with van der Waals surface area (Å²) in [7, 11) is 0. The molecule has 2 heteroatoms. The summed E-state index contributed by atoms with van der Waals surface area (Å²) in [5.41, 5.74) is 0. The highest BCUT2D eigenvalue weighted by Gasteiger charge is 2.02. The highest BCUT2D eigenvalue weighted by Crippen LogP contribution is 2.10. The van der Waals surface area contributed by atoms with Crippen molar-refractivity contribution >= 4 is 0 Å². The van der Waals surface area contributed by atoms with Crippen molar-refractivity contribution in [3.63, 3.8) is 0 Å². The fraction of sp³-hybridized carbons (Fsp3) is 0.917. The molecule has 0 aliphatic carbocycles. The van der Waals surface area contributed by atoms with Crippen LogP contribution in [0.15, 0.2) is 0 Å². The highest BCUT2D eigenvalue weighted by atomic mass is 16.3. The van der Waals surface area contributed by atoms with Crippen LogP contribution >= 0.6 is 0 Å². The number of nitrogens with zero attached hydrogens (tertiary/aromatic N) is 1. The van der Waals surface area contributed by atoms with Gasteiger partial charge in [-0.2, -0.15) is 5.26 Å². The second-order valence-corrected chi connectivity index (χ2v) is 3.91. The number of unbranched alkanes of at least 4 members (excludes halogenated alkanes) is 5. The molecule has 0 amide bonds. The van der Waals surface area contributed by atoms with Gasteiger partial charge < -0.3 is 5.11 Å². The van der Waals surface area contributed by atoms with E-state index in [-0.39, 0.29) is 6.10 Å². The summed E-state index contributed by atoms with van der Waals surface area (Å²) in [6, 6.07) is 2.06. The summed E-state index contributed by atoms with van der Waals surface area (Å²) in [4.78, 5) is 0. The number of aliphatic hydroxyl groups is 1. The maximum absolute atomic E-state index is 9.43. The first-order valence-electron chi connectivity index (χ1n) is 5.86. The van der Waals surface area contributed by atoms with E-state index in [9.17, 15) is 5.11 Å². The van der Waals surface area contributed by atoms with Crippen LogP contribution in [0.3, 0.4) is 0 Å². The maximum atomic E-state index is 9.43. The van der Waals surface area contributed by atoms with Gasteiger partial charge in [0.2, 0.25) is 0 Å². The minimum atomic E-state index is -0.249. The van der Waals surface area contributed by atoms with E-state index in [2.05, 4.69) is 13.0 Å². The first-order valence-corrected chi connectivity index (χ1v) is 5.86. The Labute approximate surface area is 87.9 Å². The molecule has 0 aromatic heterocycles. The summed E-state index contributed by atoms with van der Waals surface area (Å²) >= 11 is 0. The van der Waals surface area contributed by atoms with Gasteiger partial charge in [0.15, 0.2) is 0 Å². The molecule has 0 saturated carbocycles. The molecule has 0 rings (SSSR count). The molecule has 0 bridgehead atoms. The third-order valence-corrected chi connectivity index (χ3v) is 2.48. The molecule has 0 saturated heterocycles. The van der Waals surface area contributed by atoms with Crippen molar-refractivity contribution in [2.24, 2.45) is 0 Å². The number of nitriles is 1. The minimum Gasteiger partial charge on any atom is -0.393 e. The van der Waals surface area contributed by atoms with Crippen LogP contribution in [0, 0.1) is 11.3 Å². The van der Waals surface area contributed by atoms with E-state index >= 15 is 0 Å². The smallest absolute Gasteiger partial charge is 0.0622 e. The second-order valence-electron chi connectivity index (χ2n) is 3.91. The fourth-order valence-electron chi connectivity index (χ4n) is 1.54. The summed E-state index contributed by atoms with van der Waals surface area (Å²) in [5.74, 6) is 0. The number of hydrogen-bond acceptors (Lipinski definition) is 2. The van der Waals surface area contributed by atoms with Gasteiger partial charge >= 0.3 is 0 Å². The molecule has 0 heterocycles. The molecule has 0 aliphatic heterocycles. The Bertz CT molecular complexity index is 151.